The molecule has 2 rings (SSSR count). The van der Waals surface area contributed by atoms with Crippen LogP contribution in [0.2, 0.25) is 5.02 Å². The Labute approximate surface area is 126 Å². The molecule has 3 nitrogen and oxygen atoms in total. The zero-order chi connectivity index (χ0) is 14.6. The Kier molecular flexibility index (Phi) is 5.06. The summed E-state index contributed by atoms with van der Waals surface area (Å²) in [6, 6.07) is 7.65. The van der Waals surface area contributed by atoms with Crippen LogP contribution in [0.1, 0.15) is 44.6 Å². The van der Waals surface area contributed by atoms with Gasteiger partial charge in [0.05, 0.1) is 5.54 Å². The van der Waals surface area contributed by atoms with Gasteiger partial charge >= 0.3 is 0 Å². The van der Waals surface area contributed by atoms with Gasteiger partial charge in [0, 0.05) is 18.1 Å². The minimum Gasteiger partial charge on any atom is -0.337 e. The highest BCUT2D eigenvalue weighted by molar-refractivity contribution is 6.30. The molecule has 0 aliphatic heterocycles. The van der Waals surface area contributed by atoms with E-state index < -0.39 is 5.54 Å². The average Bonchev–Trinajstić information content (AvgIpc) is 2.45. The molecule has 2 N–H and O–H groups in total. The fourth-order valence-electron chi connectivity index (χ4n) is 2.89. The first-order valence-corrected chi connectivity index (χ1v) is 7.75. The van der Waals surface area contributed by atoms with Crippen molar-refractivity contribution >= 4 is 17.5 Å². The number of hydrogen-bond donors (Lipinski definition) is 1. The molecule has 0 spiro atoms. The maximum absolute atomic E-state index is 12.7. The minimum atomic E-state index is -0.660. The van der Waals surface area contributed by atoms with Gasteiger partial charge in [-0.25, -0.2) is 0 Å². The second-order valence-corrected chi connectivity index (χ2v) is 6.10. The number of hydrogen-bond acceptors (Lipinski definition) is 2. The maximum Gasteiger partial charge on any atom is 0.242 e. The van der Waals surface area contributed by atoms with Crippen LogP contribution in [0.15, 0.2) is 24.3 Å². The fraction of sp³-hybridized carbons (Fsp3) is 0.562. The molecule has 0 radical (unpaired) electrons. The minimum absolute atomic E-state index is 0.0830. The van der Waals surface area contributed by atoms with Gasteiger partial charge in [-0.1, -0.05) is 43.0 Å². The normalized spacial score (nSPS) is 17.8. The van der Waals surface area contributed by atoms with Crippen LogP contribution < -0.4 is 5.73 Å². The van der Waals surface area contributed by atoms with E-state index in [0.717, 1.165) is 31.2 Å². The number of nitrogens with two attached hydrogens (primary N) is 1. The summed E-state index contributed by atoms with van der Waals surface area (Å²) in [7, 11) is 0. The van der Waals surface area contributed by atoms with Gasteiger partial charge in [0.1, 0.15) is 0 Å². The summed E-state index contributed by atoms with van der Waals surface area (Å²) in [4.78, 5) is 14.6. The first-order valence-electron chi connectivity index (χ1n) is 7.38. The Morgan fingerprint density at radius 3 is 2.65 bits per heavy atom. The number of carbonyl (C=O) groups is 1. The third kappa shape index (κ3) is 3.53. The molecule has 0 atom stereocenters. The number of halogens is 1. The molecule has 1 fully saturated rings. The van der Waals surface area contributed by atoms with E-state index in [-0.39, 0.29) is 5.91 Å². The number of amides is 1. The van der Waals surface area contributed by atoms with Gasteiger partial charge in [-0.15, -0.1) is 0 Å². The molecule has 1 aromatic carbocycles. The van der Waals surface area contributed by atoms with Crippen LogP contribution in [-0.4, -0.2) is 22.9 Å². The molecule has 0 heterocycles. The number of benzene rings is 1. The van der Waals surface area contributed by atoms with Gasteiger partial charge < -0.3 is 10.6 Å². The first kappa shape index (κ1) is 15.3. The Morgan fingerprint density at radius 1 is 1.35 bits per heavy atom. The highest BCUT2D eigenvalue weighted by atomic mass is 35.5. The standard InChI is InChI=1S/C16H23ClN2O/c1-2-19(12-13-7-6-8-14(17)11-13)15(20)16(18)9-4-3-5-10-16/h6-8,11H,2-5,9-10,12,18H2,1H3. The van der Waals surface area contributed by atoms with E-state index in [4.69, 9.17) is 17.3 Å². The molecule has 1 aliphatic rings. The monoisotopic (exact) mass is 294 g/mol. The van der Waals surface area contributed by atoms with Gasteiger partial charge in [-0.05, 0) is 37.5 Å². The van der Waals surface area contributed by atoms with Crippen molar-refractivity contribution in [3.8, 4) is 0 Å². The molecule has 1 aromatic rings. The van der Waals surface area contributed by atoms with E-state index in [1.807, 2.05) is 36.1 Å². The van der Waals surface area contributed by atoms with Gasteiger partial charge in [-0.3, -0.25) is 4.79 Å². The van der Waals surface area contributed by atoms with E-state index in [1.54, 1.807) is 0 Å². The van der Waals surface area contributed by atoms with E-state index in [1.165, 1.54) is 6.42 Å². The smallest absolute Gasteiger partial charge is 0.242 e. The SMILES string of the molecule is CCN(Cc1cccc(Cl)c1)C(=O)C1(N)CCCCC1. The van der Waals surface area contributed by atoms with Crippen molar-refractivity contribution in [2.24, 2.45) is 5.73 Å². The lowest BCUT2D eigenvalue weighted by molar-refractivity contribution is -0.138. The zero-order valence-electron chi connectivity index (χ0n) is 12.1. The Bertz CT molecular complexity index is 469. The third-order valence-electron chi connectivity index (χ3n) is 4.10. The second-order valence-electron chi connectivity index (χ2n) is 5.67. The number of likely N-dealkylation sites (N-methyl/N-ethyl adjacent to an activating group) is 1. The zero-order valence-corrected chi connectivity index (χ0v) is 12.8. The van der Waals surface area contributed by atoms with Crippen molar-refractivity contribution < 1.29 is 4.79 Å². The van der Waals surface area contributed by atoms with Crippen molar-refractivity contribution in [1.29, 1.82) is 0 Å². The van der Waals surface area contributed by atoms with E-state index in [9.17, 15) is 4.79 Å². The van der Waals surface area contributed by atoms with Gasteiger partial charge in [0.15, 0.2) is 0 Å². The topological polar surface area (TPSA) is 46.3 Å². The summed E-state index contributed by atoms with van der Waals surface area (Å²) >= 11 is 6.00. The Hall–Kier alpha value is -1.06. The van der Waals surface area contributed by atoms with E-state index >= 15 is 0 Å². The third-order valence-corrected chi connectivity index (χ3v) is 4.34. The van der Waals surface area contributed by atoms with Crippen LogP contribution in [0.3, 0.4) is 0 Å². The molecule has 0 saturated heterocycles. The molecular weight excluding hydrogens is 272 g/mol. The van der Waals surface area contributed by atoms with Crippen molar-refractivity contribution in [2.45, 2.75) is 51.1 Å². The quantitative estimate of drug-likeness (QED) is 0.925. The summed E-state index contributed by atoms with van der Waals surface area (Å²) in [6.45, 7) is 3.24. The van der Waals surface area contributed by atoms with Crippen LogP contribution in [0.4, 0.5) is 0 Å². The maximum atomic E-state index is 12.7. The van der Waals surface area contributed by atoms with Crippen LogP contribution in [0, 0.1) is 0 Å². The summed E-state index contributed by atoms with van der Waals surface area (Å²) in [5, 5.41) is 0.700. The van der Waals surface area contributed by atoms with Crippen LogP contribution in [0.25, 0.3) is 0 Å². The molecule has 1 saturated carbocycles. The van der Waals surface area contributed by atoms with Crippen molar-refractivity contribution in [2.75, 3.05) is 6.54 Å². The van der Waals surface area contributed by atoms with Crippen molar-refractivity contribution in [3.05, 3.63) is 34.9 Å². The van der Waals surface area contributed by atoms with Crippen molar-refractivity contribution in [3.63, 3.8) is 0 Å². The molecule has 4 heteroatoms. The fourth-order valence-corrected chi connectivity index (χ4v) is 3.11. The average molecular weight is 295 g/mol. The lowest BCUT2D eigenvalue weighted by Gasteiger charge is -2.36. The number of rotatable bonds is 4. The summed E-state index contributed by atoms with van der Waals surface area (Å²) in [5.41, 5.74) is 6.73. The lowest BCUT2D eigenvalue weighted by atomic mass is 9.81. The number of nitrogens with zero attached hydrogens (tertiary/aromatic N) is 1. The summed E-state index contributed by atoms with van der Waals surface area (Å²) in [6.07, 6.45) is 4.90. The predicted octanol–water partition coefficient (Wildman–Crippen LogP) is 3.35. The Balaban J connectivity index is 2.09. The number of carbonyl (C=O) groups excluding carboxylic acids is 1. The predicted molar refractivity (Wildman–Crippen MR) is 82.5 cm³/mol. The first-order chi connectivity index (χ1) is 9.55. The van der Waals surface area contributed by atoms with E-state index in [0.29, 0.717) is 18.1 Å². The molecule has 1 amide bonds. The molecule has 0 bridgehead atoms. The molecule has 0 aromatic heterocycles. The van der Waals surface area contributed by atoms with Crippen LogP contribution in [-0.2, 0) is 11.3 Å². The van der Waals surface area contributed by atoms with E-state index in [2.05, 4.69) is 0 Å². The highest BCUT2D eigenvalue weighted by Gasteiger charge is 2.37. The van der Waals surface area contributed by atoms with Gasteiger partial charge in [-0.2, -0.15) is 0 Å². The summed E-state index contributed by atoms with van der Waals surface area (Å²) in [5.74, 6) is 0.0830. The molecule has 1 aliphatic carbocycles. The van der Waals surface area contributed by atoms with Crippen molar-refractivity contribution in [1.82, 2.24) is 4.90 Å². The summed E-state index contributed by atoms with van der Waals surface area (Å²) < 4.78 is 0. The van der Waals surface area contributed by atoms with Crippen LogP contribution >= 0.6 is 11.6 Å². The molecule has 110 valence electrons. The Morgan fingerprint density at radius 2 is 2.05 bits per heavy atom. The molecule has 20 heavy (non-hydrogen) atoms. The van der Waals surface area contributed by atoms with Gasteiger partial charge in [0.2, 0.25) is 5.91 Å². The molecular formula is C16H23ClN2O. The van der Waals surface area contributed by atoms with Crippen LogP contribution in [0.5, 0.6) is 0 Å². The largest absolute Gasteiger partial charge is 0.337 e. The highest BCUT2D eigenvalue weighted by Crippen LogP contribution is 2.28. The second kappa shape index (κ2) is 6.59. The van der Waals surface area contributed by atoms with Gasteiger partial charge in [0.25, 0.3) is 0 Å². The molecule has 0 unspecified atom stereocenters. The lowest BCUT2D eigenvalue weighted by Crippen LogP contribution is -2.56.